The molecule has 0 aliphatic carbocycles. The molecule has 11 nitrogen and oxygen atoms in total. The average Bonchev–Trinajstić information content (AvgIpc) is 3.60. The lowest BCUT2D eigenvalue weighted by Gasteiger charge is -2.37. The van der Waals surface area contributed by atoms with Crippen LogP contribution in [0.25, 0.3) is 11.3 Å². The lowest BCUT2D eigenvalue weighted by molar-refractivity contribution is -0.141. The molecule has 2 aliphatic rings. The zero-order valence-corrected chi connectivity index (χ0v) is 24.1. The highest BCUT2D eigenvalue weighted by Gasteiger charge is 2.39. The van der Waals surface area contributed by atoms with Crippen LogP contribution in [0.4, 0.5) is 32.0 Å². The molecule has 4 heterocycles. The number of hydrogen-bond acceptors (Lipinski definition) is 6. The minimum absolute atomic E-state index is 0.0413. The smallest absolute Gasteiger partial charge is 0.339 e. The Morgan fingerprint density at radius 2 is 1.73 bits per heavy atom. The minimum atomic E-state index is -4.97. The molecule has 2 aromatic heterocycles. The van der Waals surface area contributed by atoms with E-state index in [0.29, 0.717) is 17.8 Å². The molecule has 2 aliphatic heterocycles. The Morgan fingerprint density at radius 1 is 1.07 bits per heavy atom. The van der Waals surface area contributed by atoms with Crippen molar-refractivity contribution < 1.29 is 40.7 Å². The SMILES string of the molecule is Cn1c(-c2cn(CC(F)F)nc2C(F)(F)F)cnc1C(=O)Nc1ccc(C(=O)N2CCN(C(=O)C3CCNCC3)CC2)c(F)c1. The number of nitrogens with one attached hydrogen (secondary N) is 2. The van der Waals surface area contributed by atoms with E-state index in [1.807, 2.05) is 0 Å². The van der Waals surface area contributed by atoms with Gasteiger partial charge in [-0.1, -0.05) is 0 Å². The Balaban J connectivity index is 1.24. The quantitative estimate of drug-likeness (QED) is 0.383. The minimum Gasteiger partial charge on any atom is -0.339 e. The predicted molar refractivity (Wildman–Crippen MR) is 148 cm³/mol. The third-order valence-corrected chi connectivity index (χ3v) is 7.85. The molecule has 2 saturated heterocycles. The second-order valence-electron chi connectivity index (χ2n) is 10.8. The fourth-order valence-electron chi connectivity index (χ4n) is 5.50. The lowest BCUT2D eigenvalue weighted by Crippen LogP contribution is -2.52. The molecule has 0 radical (unpaired) electrons. The van der Waals surface area contributed by atoms with E-state index in [0.717, 1.165) is 49.0 Å². The maximum atomic E-state index is 15.1. The summed E-state index contributed by atoms with van der Waals surface area (Å²) in [7, 11) is 1.25. The number of imidazole rings is 1. The number of nitrogens with zero attached hydrogens (tertiary/aromatic N) is 6. The second kappa shape index (κ2) is 12.9. The highest BCUT2D eigenvalue weighted by molar-refractivity contribution is 6.03. The summed E-state index contributed by atoms with van der Waals surface area (Å²) in [6.45, 7) is 1.67. The van der Waals surface area contributed by atoms with Crippen LogP contribution in [0.5, 0.6) is 0 Å². The first-order valence-corrected chi connectivity index (χ1v) is 14.2. The summed E-state index contributed by atoms with van der Waals surface area (Å²) in [6, 6.07) is 3.43. The van der Waals surface area contributed by atoms with Crippen LogP contribution in [0.15, 0.2) is 30.6 Å². The van der Waals surface area contributed by atoms with E-state index < -0.39 is 48.0 Å². The molecule has 0 atom stereocenters. The van der Waals surface area contributed by atoms with E-state index in [2.05, 4.69) is 20.7 Å². The van der Waals surface area contributed by atoms with E-state index in [1.54, 1.807) is 4.90 Å². The number of piperazine rings is 1. The Hall–Kier alpha value is -4.41. The molecular formula is C28H30F6N8O3. The van der Waals surface area contributed by atoms with Crippen LogP contribution in [0, 0.1) is 11.7 Å². The number of rotatable bonds is 7. The van der Waals surface area contributed by atoms with Crippen molar-refractivity contribution in [2.75, 3.05) is 44.6 Å². The number of anilines is 1. The normalized spacial score (nSPS) is 16.4. The summed E-state index contributed by atoms with van der Waals surface area (Å²) >= 11 is 0. The van der Waals surface area contributed by atoms with Crippen LogP contribution in [0.2, 0.25) is 0 Å². The van der Waals surface area contributed by atoms with Gasteiger partial charge in [-0.05, 0) is 44.1 Å². The second-order valence-corrected chi connectivity index (χ2v) is 10.8. The first-order chi connectivity index (χ1) is 21.3. The molecule has 2 fully saturated rings. The number of aromatic nitrogens is 4. The van der Waals surface area contributed by atoms with Gasteiger partial charge in [-0.2, -0.15) is 18.3 Å². The van der Waals surface area contributed by atoms with Crippen molar-refractivity contribution in [3.63, 3.8) is 0 Å². The number of halogens is 6. The standard InChI is InChI=1S/C28H30F6N8O3/c1-39-21(19-14-42(15-22(30)31)38-23(19)28(32,33)34)13-36-24(39)25(43)37-17-2-3-18(20(29)12-17)27(45)41-10-8-40(9-11-41)26(44)16-4-6-35-7-5-16/h2-3,12-14,16,22,35H,4-11,15H2,1H3,(H,37,43). The van der Waals surface area contributed by atoms with Crippen LogP contribution < -0.4 is 10.6 Å². The zero-order chi connectivity index (χ0) is 32.5. The van der Waals surface area contributed by atoms with E-state index in [4.69, 9.17) is 0 Å². The van der Waals surface area contributed by atoms with Gasteiger partial charge in [0.05, 0.1) is 23.0 Å². The third kappa shape index (κ3) is 6.97. The Kier molecular flexibility index (Phi) is 9.18. The molecule has 2 N–H and O–H groups in total. The molecule has 0 unspecified atom stereocenters. The largest absolute Gasteiger partial charge is 0.435 e. The monoisotopic (exact) mass is 640 g/mol. The fourth-order valence-corrected chi connectivity index (χ4v) is 5.50. The Labute approximate surface area is 253 Å². The topological polar surface area (TPSA) is 117 Å². The number of carbonyl (C=O) groups excluding carboxylic acids is 3. The van der Waals surface area contributed by atoms with Gasteiger partial charge in [0.1, 0.15) is 12.4 Å². The van der Waals surface area contributed by atoms with Crippen LogP contribution >= 0.6 is 0 Å². The lowest BCUT2D eigenvalue weighted by atomic mass is 9.96. The Bertz CT molecular complexity index is 1570. The third-order valence-electron chi connectivity index (χ3n) is 7.85. The molecule has 0 saturated carbocycles. The summed E-state index contributed by atoms with van der Waals surface area (Å²) in [5.41, 5.74) is -2.46. The summed E-state index contributed by atoms with van der Waals surface area (Å²) in [5.74, 6) is -2.70. The molecule has 5 rings (SSSR count). The van der Waals surface area contributed by atoms with Crippen molar-refractivity contribution in [3.05, 3.63) is 53.5 Å². The van der Waals surface area contributed by atoms with Crippen LogP contribution in [-0.4, -0.2) is 92.5 Å². The maximum absolute atomic E-state index is 15.1. The zero-order valence-electron chi connectivity index (χ0n) is 24.1. The number of hydrogen-bond donors (Lipinski definition) is 2. The summed E-state index contributed by atoms with van der Waals surface area (Å²) in [6.07, 6.45) is -4.62. The van der Waals surface area contributed by atoms with Crippen molar-refractivity contribution in [1.82, 2.24) is 34.4 Å². The van der Waals surface area contributed by atoms with Crippen molar-refractivity contribution in [2.45, 2.75) is 32.0 Å². The number of piperidine rings is 1. The molecule has 3 amide bonds. The highest BCUT2D eigenvalue weighted by atomic mass is 19.4. The molecule has 242 valence electrons. The molecular weight excluding hydrogens is 610 g/mol. The van der Waals surface area contributed by atoms with Gasteiger partial charge in [0, 0.05) is 51.0 Å². The van der Waals surface area contributed by atoms with Crippen molar-refractivity contribution in [2.24, 2.45) is 13.0 Å². The average molecular weight is 641 g/mol. The molecule has 45 heavy (non-hydrogen) atoms. The van der Waals surface area contributed by atoms with Crippen molar-refractivity contribution >= 4 is 23.4 Å². The molecule has 3 aromatic rings. The van der Waals surface area contributed by atoms with Gasteiger partial charge in [0.15, 0.2) is 11.5 Å². The van der Waals surface area contributed by atoms with Crippen molar-refractivity contribution in [1.29, 1.82) is 0 Å². The van der Waals surface area contributed by atoms with Gasteiger partial charge < -0.3 is 25.0 Å². The van der Waals surface area contributed by atoms with E-state index in [1.165, 1.54) is 24.1 Å². The number of amides is 3. The summed E-state index contributed by atoms with van der Waals surface area (Å²) < 4.78 is 82.8. The highest BCUT2D eigenvalue weighted by Crippen LogP contribution is 2.36. The number of benzene rings is 1. The predicted octanol–water partition coefficient (Wildman–Crippen LogP) is 3.24. The molecule has 0 bridgehead atoms. The number of alkyl halides is 5. The molecule has 1 aromatic carbocycles. The first kappa shape index (κ1) is 32.0. The first-order valence-electron chi connectivity index (χ1n) is 14.2. The summed E-state index contributed by atoms with van der Waals surface area (Å²) in [4.78, 5) is 45.8. The van der Waals surface area contributed by atoms with Gasteiger partial charge in [-0.15, -0.1) is 0 Å². The number of carbonyl (C=O) groups is 3. The maximum Gasteiger partial charge on any atom is 0.435 e. The van der Waals surface area contributed by atoms with Gasteiger partial charge in [-0.3, -0.25) is 19.1 Å². The van der Waals surface area contributed by atoms with E-state index >= 15 is 4.39 Å². The molecule has 0 spiro atoms. The van der Waals surface area contributed by atoms with E-state index in [9.17, 15) is 36.3 Å². The summed E-state index contributed by atoms with van der Waals surface area (Å²) in [5, 5.41) is 8.85. The van der Waals surface area contributed by atoms with Gasteiger partial charge in [-0.25, -0.2) is 18.2 Å². The van der Waals surface area contributed by atoms with Crippen LogP contribution in [0.1, 0.15) is 39.5 Å². The van der Waals surface area contributed by atoms with Crippen LogP contribution in [-0.2, 0) is 24.6 Å². The van der Waals surface area contributed by atoms with Gasteiger partial charge in [0.2, 0.25) is 5.91 Å². The molecule has 17 heteroatoms. The van der Waals surface area contributed by atoms with Gasteiger partial charge in [0.25, 0.3) is 18.2 Å². The Morgan fingerprint density at radius 3 is 2.36 bits per heavy atom. The van der Waals surface area contributed by atoms with Gasteiger partial charge >= 0.3 is 6.18 Å². The fraction of sp³-hybridized carbons (Fsp3) is 0.464. The van der Waals surface area contributed by atoms with E-state index in [-0.39, 0.29) is 47.7 Å². The van der Waals surface area contributed by atoms with Crippen LogP contribution in [0.3, 0.4) is 0 Å². The van der Waals surface area contributed by atoms with Crippen molar-refractivity contribution in [3.8, 4) is 11.3 Å².